The smallest absolute Gasteiger partial charge is 0.246 e. The lowest BCUT2D eigenvalue weighted by atomic mass is 9.49. The first-order valence-corrected chi connectivity index (χ1v) is 9.97. The molecule has 5 nitrogen and oxygen atoms in total. The molecule has 2 aromatic rings. The molecule has 140 valence electrons. The van der Waals surface area contributed by atoms with Crippen LogP contribution in [0.15, 0.2) is 40.0 Å². The van der Waals surface area contributed by atoms with Crippen molar-refractivity contribution in [2.24, 2.45) is 28.3 Å². The first-order valence-electron chi connectivity index (χ1n) is 9.97. The average molecular weight is 363 g/mol. The molecule has 0 unspecified atom stereocenters. The Morgan fingerprint density at radius 1 is 1.15 bits per heavy atom. The molecule has 0 radical (unpaired) electrons. The lowest BCUT2D eigenvalue weighted by Crippen LogP contribution is -2.52. The highest BCUT2D eigenvalue weighted by molar-refractivity contribution is 5.85. The SMILES string of the molecule is Cc1ccc(-c2cc(/C=N/NC(=O)C34CC5CC(CC(C5)C3)C4)no2)cc1. The van der Waals surface area contributed by atoms with Crippen molar-refractivity contribution in [2.75, 3.05) is 0 Å². The van der Waals surface area contributed by atoms with Crippen LogP contribution in [0, 0.1) is 30.1 Å². The van der Waals surface area contributed by atoms with Crippen LogP contribution in [0.25, 0.3) is 11.3 Å². The van der Waals surface area contributed by atoms with Crippen LogP contribution < -0.4 is 5.43 Å². The Hall–Kier alpha value is -2.43. The number of aryl methyl sites for hydroxylation is 1. The fourth-order valence-corrected chi connectivity index (χ4v) is 5.87. The van der Waals surface area contributed by atoms with Crippen LogP contribution >= 0.6 is 0 Å². The van der Waals surface area contributed by atoms with Gasteiger partial charge in [0.2, 0.25) is 5.91 Å². The highest BCUT2D eigenvalue weighted by atomic mass is 16.5. The van der Waals surface area contributed by atoms with Crippen molar-refractivity contribution >= 4 is 12.1 Å². The first kappa shape index (κ1) is 16.7. The van der Waals surface area contributed by atoms with Gasteiger partial charge in [-0.05, 0) is 63.2 Å². The van der Waals surface area contributed by atoms with Crippen molar-refractivity contribution in [2.45, 2.75) is 45.4 Å². The summed E-state index contributed by atoms with van der Waals surface area (Å²) in [5.74, 6) is 3.04. The molecular weight excluding hydrogens is 338 g/mol. The zero-order valence-corrected chi connectivity index (χ0v) is 15.6. The van der Waals surface area contributed by atoms with E-state index in [0.29, 0.717) is 11.5 Å². The normalized spacial score (nSPS) is 31.5. The number of nitrogens with zero attached hydrogens (tertiary/aromatic N) is 2. The van der Waals surface area contributed by atoms with Gasteiger partial charge in [-0.25, -0.2) is 5.43 Å². The predicted octanol–water partition coefficient (Wildman–Crippen LogP) is 4.32. The molecular formula is C22H25N3O2. The molecule has 0 spiro atoms. The number of hydrogen-bond acceptors (Lipinski definition) is 4. The van der Waals surface area contributed by atoms with E-state index in [9.17, 15) is 4.79 Å². The van der Waals surface area contributed by atoms with Crippen LogP contribution in [0.4, 0.5) is 0 Å². The highest BCUT2D eigenvalue weighted by Crippen LogP contribution is 2.60. The van der Waals surface area contributed by atoms with Crippen molar-refractivity contribution < 1.29 is 9.32 Å². The van der Waals surface area contributed by atoms with E-state index in [2.05, 4.69) is 22.6 Å². The lowest BCUT2D eigenvalue weighted by Gasteiger charge is -2.55. The van der Waals surface area contributed by atoms with E-state index in [-0.39, 0.29) is 11.3 Å². The van der Waals surface area contributed by atoms with E-state index in [1.54, 1.807) is 6.21 Å². The van der Waals surface area contributed by atoms with Crippen molar-refractivity contribution in [3.63, 3.8) is 0 Å². The van der Waals surface area contributed by atoms with Gasteiger partial charge in [-0.15, -0.1) is 0 Å². The van der Waals surface area contributed by atoms with Crippen LogP contribution in [0.5, 0.6) is 0 Å². The van der Waals surface area contributed by atoms with Gasteiger partial charge in [0, 0.05) is 11.6 Å². The van der Waals surface area contributed by atoms with Crippen LogP contribution in [0.1, 0.15) is 49.8 Å². The fourth-order valence-electron chi connectivity index (χ4n) is 5.87. The maximum Gasteiger partial charge on any atom is 0.246 e. The molecule has 27 heavy (non-hydrogen) atoms. The lowest BCUT2D eigenvalue weighted by molar-refractivity contribution is -0.146. The summed E-state index contributed by atoms with van der Waals surface area (Å²) in [4.78, 5) is 12.9. The number of rotatable bonds is 4. The van der Waals surface area contributed by atoms with Gasteiger partial charge in [0.15, 0.2) is 5.76 Å². The standard InChI is InChI=1S/C22H25N3O2/c1-14-2-4-18(5-3-14)20-9-19(25-27-20)13-23-24-21(26)22-10-15-6-16(11-22)8-17(7-15)12-22/h2-5,9,13,15-17H,6-8,10-12H2,1H3,(H,24,26)/b23-13+. The Morgan fingerprint density at radius 2 is 1.78 bits per heavy atom. The van der Waals surface area contributed by atoms with Gasteiger partial charge in [0.05, 0.1) is 11.6 Å². The third kappa shape index (κ3) is 3.09. The van der Waals surface area contributed by atoms with E-state index in [1.807, 2.05) is 30.3 Å². The van der Waals surface area contributed by atoms with E-state index >= 15 is 0 Å². The Morgan fingerprint density at radius 3 is 2.41 bits per heavy atom. The molecule has 4 fully saturated rings. The monoisotopic (exact) mass is 363 g/mol. The molecule has 1 N–H and O–H groups in total. The maximum atomic E-state index is 12.9. The Balaban J connectivity index is 1.25. The van der Waals surface area contributed by atoms with Gasteiger partial charge in [0.1, 0.15) is 5.69 Å². The van der Waals surface area contributed by atoms with Crippen LogP contribution in [-0.4, -0.2) is 17.3 Å². The van der Waals surface area contributed by atoms with Crippen molar-refractivity contribution in [3.8, 4) is 11.3 Å². The fraction of sp³-hybridized carbons (Fsp3) is 0.500. The topological polar surface area (TPSA) is 67.5 Å². The van der Waals surface area contributed by atoms with Crippen molar-refractivity contribution in [1.82, 2.24) is 10.6 Å². The van der Waals surface area contributed by atoms with Crippen LogP contribution in [0.3, 0.4) is 0 Å². The summed E-state index contributed by atoms with van der Waals surface area (Å²) in [5, 5.41) is 8.20. The van der Waals surface area contributed by atoms with E-state index in [0.717, 1.165) is 42.6 Å². The summed E-state index contributed by atoms with van der Waals surface area (Å²) in [5.41, 5.74) is 5.40. The number of hydrazone groups is 1. The van der Waals surface area contributed by atoms with Gasteiger partial charge >= 0.3 is 0 Å². The zero-order chi connectivity index (χ0) is 18.4. The average Bonchev–Trinajstić information content (AvgIpc) is 3.10. The zero-order valence-electron chi connectivity index (χ0n) is 15.6. The van der Waals surface area contributed by atoms with Gasteiger partial charge in [0.25, 0.3) is 0 Å². The summed E-state index contributed by atoms with van der Waals surface area (Å²) < 4.78 is 5.39. The van der Waals surface area contributed by atoms with Gasteiger partial charge in [-0.1, -0.05) is 35.0 Å². The summed E-state index contributed by atoms with van der Waals surface area (Å²) in [6.07, 6.45) is 8.69. The largest absolute Gasteiger partial charge is 0.356 e. The Bertz CT molecular complexity index is 846. The molecule has 1 heterocycles. The number of carbonyl (C=O) groups excluding carboxylic acids is 1. The molecule has 4 aliphatic rings. The number of aromatic nitrogens is 1. The van der Waals surface area contributed by atoms with Gasteiger partial charge < -0.3 is 4.52 Å². The molecule has 0 saturated heterocycles. The summed E-state index contributed by atoms with van der Waals surface area (Å²) in [6, 6.07) is 9.93. The molecule has 1 amide bonds. The van der Waals surface area contributed by atoms with E-state index in [1.165, 1.54) is 24.8 Å². The maximum absolute atomic E-state index is 12.9. The Kier molecular flexibility index (Phi) is 3.92. The van der Waals surface area contributed by atoms with Gasteiger partial charge in [-0.3, -0.25) is 4.79 Å². The number of nitrogens with one attached hydrogen (secondary N) is 1. The molecule has 5 heteroatoms. The third-order valence-electron chi connectivity index (χ3n) is 6.75. The van der Waals surface area contributed by atoms with Crippen molar-refractivity contribution in [1.29, 1.82) is 0 Å². The molecule has 0 atom stereocenters. The minimum Gasteiger partial charge on any atom is -0.356 e. The minimum absolute atomic E-state index is 0.0973. The van der Waals surface area contributed by atoms with E-state index in [4.69, 9.17) is 4.52 Å². The molecule has 1 aromatic carbocycles. The molecule has 4 saturated carbocycles. The molecule has 4 aliphatic carbocycles. The number of carbonyl (C=O) groups is 1. The second-order valence-electron chi connectivity index (χ2n) is 8.88. The molecule has 0 aliphatic heterocycles. The van der Waals surface area contributed by atoms with Gasteiger partial charge in [-0.2, -0.15) is 5.10 Å². The second-order valence-corrected chi connectivity index (χ2v) is 8.88. The van der Waals surface area contributed by atoms with Crippen LogP contribution in [0.2, 0.25) is 0 Å². The molecule has 1 aromatic heterocycles. The Labute approximate surface area is 159 Å². The predicted molar refractivity (Wildman–Crippen MR) is 103 cm³/mol. The van der Waals surface area contributed by atoms with Crippen molar-refractivity contribution in [3.05, 3.63) is 41.6 Å². The number of benzene rings is 1. The summed E-state index contributed by atoms with van der Waals surface area (Å²) >= 11 is 0. The summed E-state index contributed by atoms with van der Waals surface area (Å²) in [6.45, 7) is 2.05. The van der Waals surface area contributed by atoms with E-state index < -0.39 is 0 Å². The molecule has 6 rings (SSSR count). The minimum atomic E-state index is -0.178. The number of hydrogen-bond donors (Lipinski definition) is 1. The quantitative estimate of drug-likeness (QED) is 0.650. The first-order chi connectivity index (χ1) is 13.1. The molecule has 4 bridgehead atoms. The second kappa shape index (κ2) is 6.32. The van der Waals surface area contributed by atoms with Crippen LogP contribution in [-0.2, 0) is 4.79 Å². The number of amides is 1. The summed E-state index contributed by atoms with van der Waals surface area (Å²) in [7, 11) is 0. The third-order valence-corrected chi connectivity index (χ3v) is 6.75. The highest BCUT2D eigenvalue weighted by Gasteiger charge is 2.54.